The first-order valence-electron chi connectivity index (χ1n) is 6.40. The van der Waals surface area contributed by atoms with Crippen LogP contribution in [0.4, 0.5) is 5.82 Å². The molecule has 19 heavy (non-hydrogen) atoms. The van der Waals surface area contributed by atoms with E-state index >= 15 is 0 Å². The lowest BCUT2D eigenvalue weighted by molar-refractivity contribution is 0.446. The van der Waals surface area contributed by atoms with E-state index in [0.29, 0.717) is 12.6 Å². The van der Waals surface area contributed by atoms with Crippen LogP contribution >= 0.6 is 0 Å². The first kappa shape index (κ1) is 13.3. The van der Waals surface area contributed by atoms with Crippen LogP contribution in [0.5, 0.6) is 11.5 Å². The van der Waals surface area contributed by atoms with Crippen molar-refractivity contribution in [2.75, 3.05) is 5.32 Å². The molecule has 0 radical (unpaired) electrons. The lowest BCUT2D eigenvalue weighted by atomic mass is 10.2. The fraction of sp³-hybridized carbons (Fsp3) is 0.357. The van der Waals surface area contributed by atoms with Crippen molar-refractivity contribution in [1.82, 2.24) is 9.78 Å². The molecule has 0 bridgehead atoms. The molecular weight excluding hydrogens is 242 g/mol. The standard InChI is InChI=1S/C14H19N3O2/c1-3-10(2)17-7-6-14(16-17)15-9-11-4-5-12(18)8-13(11)19/h4-8,10,18-19H,3,9H2,1-2H3,(H,15,16)/t10-/m0/s1. The van der Waals surface area contributed by atoms with E-state index in [1.807, 2.05) is 16.9 Å². The summed E-state index contributed by atoms with van der Waals surface area (Å²) >= 11 is 0. The summed E-state index contributed by atoms with van der Waals surface area (Å²) in [7, 11) is 0. The fourth-order valence-corrected chi connectivity index (χ4v) is 1.75. The highest BCUT2D eigenvalue weighted by atomic mass is 16.3. The number of phenols is 2. The van der Waals surface area contributed by atoms with Gasteiger partial charge in [0.05, 0.1) is 0 Å². The van der Waals surface area contributed by atoms with E-state index in [2.05, 4.69) is 24.3 Å². The molecule has 0 fully saturated rings. The number of phenolic OH excluding ortho intramolecular Hbond substituents is 2. The molecule has 5 heteroatoms. The second-order valence-electron chi connectivity index (χ2n) is 4.60. The minimum atomic E-state index is 0.0577. The summed E-state index contributed by atoms with van der Waals surface area (Å²) in [6.45, 7) is 4.69. The molecular formula is C14H19N3O2. The largest absolute Gasteiger partial charge is 0.508 e. The average molecular weight is 261 g/mol. The van der Waals surface area contributed by atoms with Gasteiger partial charge in [-0.15, -0.1) is 0 Å². The molecule has 0 unspecified atom stereocenters. The Bertz CT molecular complexity index is 551. The molecule has 1 aromatic carbocycles. The highest BCUT2D eigenvalue weighted by Crippen LogP contribution is 2.23. The van der Waals surface area contributed by atoms with Crippen LogP contribution in [0.25, 0.3) is 0 Å². The maximum atomic E-state index is 9.68. The van der Waals surface area contributed by atoms with Crippen LogP contribution in [0.3, 0.4) is 0 Å². The maximum Gasteiger partial charge on any atom is 0.148 e. The molecule has 0 amide bonds. The Kier molecular flexibility index (Phi) is 3.94. The molecule has 2 aromatic rings. The molecule has 1 aromatic heterocycles. The number of rotatable bonds is 5. The van der Waals surface area contributed by atoms with Gasteiger partial charge in [-0.25, -0.2) is 0 Å². The molecule has 0 aliphatic rings. The smallest absolute Gasteiger partial charge is 0.148 e. The highest BCUT2D eigenvalue weighted by Gasteiger charge is 2.06. The van der Waals surface area contributed by atoms with Crippen LogP contribution in [-0.4, -0.2) is 20.0 Å². The lowest BCUT2D eigenvalue weighted by Crippen LogP contribution is -2.06. The van der Waals surface area contributed by atoms with Gasteiger partial charge in [0.1, 0.15) is 17.3 Å². The minimum Gasteiger partial charge on any atom is -0.508 e. The Morgan fingerprint density at radius 2 is 2.11 bits per heavy atom. The third-order valence-electron chi connectivity index (χ3n) is 3.18. The molecule has 0 spiro atoms. The van der Waals surface area contributed by atoms with E-state index in [0.717, 1.165) is 17.8 Å². The number of hydrogen-bond acceptors (Lipinski definition) is 4. The predicted octanol–water partition coefficient (Wildman–Crippen LogP) is 2.88. The number of nitrogens with one attached hydrogen (secondary N) is 1. The molecule has 102 valence electrons. The Hall–Kier alpha value is -2.17. The monoisotopic (exact) mass is 261 g/mol. The van der Waals surface area contributed by atoms with Gasteiger partial charge >= 0.3 is 0 Å². The summed E-state index contributed by atoms with van der Waals surface area (Å²) in [4.78, 5) is 0. The van der Waals surface area contributed by atoms with Gasteiger partial charge in [0.15, 0.2) is 0 Å². The second-order valence-corrected chi connectivity index (χ2v) is 4.60. The summed E-state index contributed by atoms with van der Waals surface area (Å²) in [6.07, 6.45) is 2.97. The van der Waals surface area contributed by atoms with Crippen molar-refractivity contribution in [1.29, 1.82) is 0 Å². The SMILES string of the molecule is CC[C@H](C)n1ccc(NCc2ccc(O)cc2O)n1. The third kappa shape index (κ3) is 3.19. The van der Waals surface area contributed by atoms with Gasteiger partial charge in [0, 0.05) is 36.5 Å². The summed E-state index contributed by atoms with van der Waals surface area (Å²) < 4.78 is 1.92. The maximum absolute atomic E-state index is 9.68. The average Bonchev–Trinajstić information content (AvgIpc) is 2.85. The van der Waals surface area contributed by atoms with Crippen molar-refractivity contribution >= 4 is 5.82 Å². The van der Waals surface area contributed by atoms with E-state index in [1.165, 1.54) is 6.07 Å². The van der Waals surface area contributed by atoms with Gasteiger partial charge in [0.25, 0.3) is 0 Å². The molecule has 0 saturated carbocycles. The van der Waals surface area contributed by atoms with Crippen molar-refractivity contribution < 1.29 is 10.2 Å². The zero-order valence-corrected chi connectivity index (χ0v) is 11.2. The summed E-state index contributed by atoms with van der Waals surface area (Å²) in [5.41, 5.74) is 0.718. The van der Waals surface area contributed by atoms with Crippen LogP contribution in [-0.2, 0) is 6.54 Å². The van der Waals surface area contributed by atoms with Crippen LogP contribution in [0, 0.1) is 0 Å². The first-order valence-corrected chi connectivity index (χ1v) is 6.40. The van der Waals surface area contributed by atoms with Crippen molar-refractivity contribution in [2.24, 2.45) is 0 Å². The molecule has 5 nitrogen and oxygen atoms in total. The first-order chi connectivity index (χ1) is 9.10. The van der Waals surface area contributed by atoms with Gasteiger partial charge < -0.3 is 15.5 Å². The van der Waals surface area contributed by atoms with E-state index in [1.54, 1.807) is 12.1 Å². The van der Waals surface area contributed by atoms with Crippen LogP contribution in [0.1, 0.15) is 31.9 Å². The number of hydrogen-bond donors (Lipinski definition) is 3. The van der Waals surface area contributed by atoms with Crippen molar-refractivity contribution in [3.8, 4) is 11.5 Å². The summed E-state index contributed by atoms with van der Waals surface area (Å²) in [6, 6.07) is 6.84. The van der Waals surface area contributed by atoms with Crippen LogP contribution in [0.15, 0.2) is 30.5 Å². The van der Waals surface area contributed by atoms with Gasteiger partial charge in [-0.05, 0) is 25.5 Å². The Morgan fingerprint density at radius 3 is 2.79 bits per heavy atom. The predicted molar refractivity (Wildman–Crippen MR) is 74.3 cm³/mol. The molecule has 0 saturated heterocycles. The number of aromatic nitrogens is 2. The van der Waals surface area contributed by atoms with Crippen molar-refractivity contribution in [3.05, 3.63) is 36.0 Å². The fourth-order valence-electron chi connectivity index (χ4n) is 1.75. The molecule has 0 aliphatic carbocycles. The van der Waals surface area contributed by atoms with Crippen molar-refractivity contribution in [2.45, 2.75) is 32.9 Å². The highest BCUT2D eigenvalue weighted by molar-refractivity contribution is 5.42. The Morgan fingerprint density at radius 1 is 1.32 bits per heavy atom. The van der Waals surface area contributed by atoms with E-state index in [4.69, 9.17) is 0 Å². The Balaban J connectivity index is 2.00. The number of nitrogens with zero attached hydrogens (tertiary/aromatic N) is 2. The number of aromatic hydroxyl groups is 2. The van der Waals surface area contributed by atoms with Gasteiger partial charge in [-0.2, -0.15) is 5.10 Å². The van der Waals surface area contributed by atoms with Crippen LogP contribution in [0.2, 0.25) is 0 Å². The van der Waals surface area contributed by atoms with Gasteiger partial charge in [-0.1, -0.05) is 6.92 Å². The lowest BCUT2D eigenvalue weighted by Gasteiger charge is -2.09. The molecule has 1 atom stereocenters. The number of benzene rings is 1. The molecule has 2 rings (SSSR count). The second kappa shape index (κ2) is 5.65. The topological polar surface area (TPSA) is 70.3 Å². The quantitative estimate of drug-likeness (QED) is 0.774. The van der Waals surface area contributed by atoms with E-state index in [9.17, 15) is 10.2 Å². The third-order valence-corrected chi connectivity index (χ3v) is 3.18. The van der Waals surface area contributed by atoms with Gasteiger partial charge in [0.2, 0.25) is 0 Å². The van der Waals surface area contributed by atoms with Gasteiger partial charge in [-0.3, -0.25) is 4.68 Å². The van der Waals surface area contributed by atoms with E-state index in [-0.39, 0.29) is 11.5 Å². The minimum absolute atomic E-state index is 0.0577. The normalized spacial score (nSPS) is 12.3. The van der Waals surface area contributed by atoms with Crippen molar-refractivity contribution in [3.63, 3.8) is 0 Å². The molecule has 3 N–H and O–H groups in total. The van der Waals surface area contributed by atoms with E-state index < -0.39 is 0 Å². The molecule has 1 heterocycles. The Labute approximate surface area is 112 Å². The number of anilines is 1. The summed E-state index contributed by atoms with van der Waals surface area (Å²) in [5.74, 6) is 0.906. The zero-order valence-electron chi connectivity index (χ0n) is 11.2. The van der Waals surface area contributed by atoms with Crippen LogP contribution < -0.4 is 5.32 Å². The molecule has 0 aliphatic heterocycles. The summed E-state index contributed by atoms with van der Waals surface area (Å²) in [5, 5.41) is 26.5. The zero-order chi connectivity index (χ0) is 13.8.